The Kier molecular flexibility index (Phi) is 5.77. The van der Waals surface area contributed by atoms with Gasteiger partial charge in [0.05, 0.1) is 28.9 Å². The fourth-order valence-electron chi connectivity index (χ4n) is 2.72. The average Bonchev–Trinajstić information content (AvgIpc) is 2.72. The van der Waals surface area contributed by atoms with Gasteiger partial charge in [0.1, 0.15) is 5.82 Å². The van der Waals surface area contributed by atoms with E-state index in [1.54, 1.807) is 31.3 Å². The molecule has 0 aliphatic carbocycles. The second-order valence-electron chi connectivity index (χ2n) is 6.24. The van der Waals surface area contributed by atoms with Crippen LogP contribution in [0.15, 0.2) is 58.2 Å². The minimum atomic E-state index is -3.73. The molecule has 0 atom stereocenters. The number of H-pyrrole nitrogens is 1. The van der Waals surface area contributed by atoms with Crippen LogP contribution in [0.3, 0.4) is 0 Å². The third-order valence-corrected chi connectivity index (χ3v) is 5.59. The van der Waals surface area contributed by atoms with Gasteiger partial charge in [-0.05, 0) is 36.4 Å². The predicted molar refractivity (Wildman–Crippen MR) is 109 cm³/mol. The molecule has 29 heavy (non-hydrogen) atoms. The Balaban J connectivity index is 1.77. The van der Waals surface area contributed by atoms with Crippen molar-refractivity contribution >= 4 is 26.8 Å². The van der Waals surface area contributed by atoms with Crippen molar-refractivity contribution in [2.24, 2.45) is 0 Å². The summed E-state index contributed by atoms with van der Waals surface area (Å²) in [5.41, 5.74) is 0.563. The SMILES string of the molecule is C#CCNS(=O)(=O)c1ccc(C(=O)N(C)Cc2nc3ccccc3c(=O)[nH]2)cc1. The fourth-order valence-corrected chi connectivity index (χ4v) is 3.66. The molecule has 0 radical (unpaired) electrons. The van der Waals surface area contributed by atoms with E-state index < -0.39 is 10.0 Å². The molecule has 0 saturated heterocycles. The third-order valence-electron chi connectivity index (χ3n) is 4.17. The zero-order valence-corrected chi connectivity index (χ0v) is 16.4. The Bertz CT molecular complexity index is 1260. The van der Waals surface area contributed by atoms with Crippen molar-refractivity contribution in [3.8, 4) is 12.3 Å². The van der Waals surface area contributed by atoms with Crippen molar-refractivity contribution in [3.05, 3.63) is 70.3 Å². The summed E-state index contributed by atoms with van der Waals surface area (Å²) in [6, 6.07) is 12.4. The van der Waals surface area contributed by atoms with Crippen LogP contribution >= 0.6 is 0 Å². The molecule has 0 unspecified atom stereocenters. The summed E-state index contributed by atoms with van der Waals surface area (Å²) in [6.07, 6.45) is 5.06. The monoisotopic (exact) mass is 410 g/mol. The summed E-state index contributed by atoms with van der Waals surface area (Å²) in [4.78, 5) is 33.2. The molecule has 9 heteroatoms. The highest BCUT2D eigenvalue weighted by Crippen LogP contribution is 2.13. The van der Waals surface area contributed by atoms with Crippen LogP contribution in [-0.4, -0.2) is 42.8 Å². The Morgan fingerprint density at radius 3 is 2.59 bits per heavy atom. The van der Waals surface area contributed by atoms with E-state index in [0.29, 0.717) is 22.3 Å². The second-order valence-corrected chi connectivity index (χ2v) is 8.01. The molecule has 3 aromatic rings. The number of hydrogen-bond acceptors (Lipinski definition) is 5. The molecule has 0 aliphatic rings. The molecule has 0 saturated carbocycles. The highest BCUT2D eigenvalue weighted by Gasteiger charge is 2.17. The molecule has 3 rings (SSSR count). The molecule has 0 fully saturated rings. The molecular weight excluding hydrogens is 392 g/mol. The summed E-state index contributed by atoms with van der Waals surface area (Å²) in [6.45, 7) is -0.0363. The number of aromatic amines is 1. The Morgan fingerprint density at radius 2 is 1.90 bits per heavy atom. The number of rotatable bonds is 6. The number of nitrogens with one attached hydrogen (secondary N) is 2. The molecular formula is C20H18N4O4S. The largest absolute Gasteiger partial charge is 0.334 e. The number of nitrogens with zero attached hydrogens (tertiary/aromatic N) is 2. The minimum Gasteiger partial charge on any atom is -0.334 e. The summed E-state index contributed by atoms with van der Waals surface area (Å²) in [5.74, 6) is 2.20. The average molecular weight is 410 g/mol. The number of benzene rings is 2. The van der Waals surface area contributed by atoms with Crippen molar-refractivity contribution in [1.29, 1.82) is 0 Å². The maximum absolute atomic E-state index is 12.6. The highest BCUT2D eigenvalue weighted by molar-refractivity contribution is 7.89. The number of amides is 1. The summed E-state index contributed by atoms with van der Waals surface area (Å²) < 4.78 is 26.3. The van der Waals surface area contributed by atoms with E-state index in [4.69, 9.17) is 6.42 Å². The normalized spacial score (nSPS) is 11.2. The van der Waals surface area contributed by atoms with Gasteiger partial charge in [0.25, 0.3) is 11.5 Å². The van der Waals surface area contributed by atoms with E-state index in [1.807, 2.05) is 0 Å². The Morgan fingerprint density at radius 1 is 1.21 bits per heavy atom. The smallest absolute Gasteiger partial charge is 0.258 e. The van der Waals surface area contributed by atoms with E-state index in [9.17, 15) is 18.0 Å². The van der Waals surface area contributed by atoms with Crippen molar-refractivity contribution in [2.45, 2.75) is 11.4 Å². The standard InChI is InChI=1S/C20H18N4O4S/c1-3-12-21-29(27,28)15-10-8-14(9-11-15)20(26)24(2)13-18-22-17-7-5-4-6-16(17)19(25)23-18/h1,4-11,21H,12-13H2,2H3,(H,22,23,25). The van der Waals surface area contributed by atoms with Crippen LogP contribution in [0.5, 0.6) is 0 Å². The fraction of sp³-hybridized carbons (Fsp3) is 0.150. The lowest BCUT2D eigenvalue weighted by atomic mass is 10.2. The molecule has 0 spiro atoms. The molecule has 1 heterocycles. The van der Waals surface area contributed by atoms with Crippen molar-refractivity contribution in [1.82, 2.24) is 19.6 Å². The van der Waals surface area contributed by atoms with Gasteiger partial charge in [0.15, 0.2) is 0 Å². The van der Waals surface area contributed by atoms with Crippen LogP contribution in [0.1, 0.15) is 16.2 Å². The number of hydrogen-bond donors (Lipinski definition) is 2. The summed E-state index contributed by atoms with van der Waals surface area (Å²) in [7, 11) is -2.16. The van der Waals surface area contributed by atoms with Gasteiger partial charge in [-0.15, -0.1) is 6.42 Å². The molecule has 8 nitrogen and oxygen atoms in total. The van der Waals surface area contributed by atoms with E-state index in [-0.39, 0.29) is 29.5 Å². The first-order valence-corrected chi connectivity index (χ1v) is 10.1. The number of carbonyl (C=O) groups excluding carboxylic acids is 1. The molecule has 0 aliphatic heterocycles. The number of para-hydroxylation sites is 1. The maximum Gasteiger partial charge on any atom is 0.258 e. The van der Waals surface area contributed by atoms with Crippen LogP contribution in [0.25, 0.3) is 10.9 Å². The first-order valence-electron chi connectivity index (χ1n) is 8.58. The van der Waals surface area contributed by atoms with Gasteiger partial charge >= 0.3 is 0 Å². The van der Waals surface area contributed by atoms with Crippen LogP contribution in [0.2, 0.25) is 0 Å². The quantitative estimate of drug-likeness (QED) is 0.591. The molecule has 1 aromatic heterocycles. The van der Waals surface area contributed by atoms with Crippen molar-refractivity contribution < 1.29 is 13.2 Å². The second kappa shape index (κ2) is 8.26. The highest BCUT2D eigenvalue weighted by atomic mass is 32.2. The lowest BCUT2D eigenvalue weighted by molar-refractivity contribution is 0.0781. The van der Waals surface area contributed by atoms with Crippen LogP contribution < -0.4 is 10.3 Å². The van der Waals surface area contributed by atoms with Crippen LogP contribution in [0.4, 0.5) is 0 Å². The first kappa shape index (κ1) is 20.3. The van der Waals surface area contributed by atoms with Crippen LogP contribution in [-0.2, 0) is 16.6 Å². The third kappa shape index (κ3) is 4.51. The number of terminal acetylenes is 1. The van der Waals surface area contributed by atoms with Gasteiger partial charge in [-0.25, -0.2) is 13.4 Å². The van der Waals surface area contributed by atoms with Gasteiger partial charge in [-0.1, -0.05) is 18.1 Å². The van der Waals surface area contributed by atoms with E-state index >= 15 is 0 Å². The molecule has 148 valence electrons. The van der Waals surface area contributed by atoms with Crippen LogP contribution in [0, 0.1) is 12.3 Å². The van der Waals surface area contributed by atoms with Gasteiger partial charge in [0, 0.05) is 12.6 Å². The van der Waals surface area contributed by atoms with E-state index in [2.05, 4.69) is 20.6 Å². The Labute approximate surface area is 167 Å². The molecule has 0 bridgehead atoms. The van der Waals surface area contributed by atoms with Crippen molar-refractivity contribution in [2.75, 3.05) is 13.6 Å². The minimum absolute atomic E-state index is 0.00692. The summed E-state index contributed by atoms with van der Waals surface area (Å²) >= 11 is 0. The molecule has 2 N–H and O–H groups in total. The predicted octanol–water partition coefficient (Wildman–Crippen LogP) is 1.11. The summed E-state index contributed by atoms with van der Waals surface area (Å²) in [5, 5.41) is 0.473. The Hall–Kier alpha value is -3.48. The number of carbonyl (C=O) groups is 1. The zero-order chi connectivity index (χ0) is 21.0. The zero-order valence-electron chi connectivity index (χ0n) is 15.5. The van der Waals surface area contributed by atoms with E-state index in [0.717, 1.165) is 0 Å². The lowest BCUT2D eigenvalue weighted by Gasteiger charge is -2.17. The van der Waals surface area contributed by atoms with Gasteiger partial charge in [0.2, 0.25) is 10.0 Å². The molecule has 1 amide bonds. The van der Waals surface area contributed by atoms with E-state index in [1.165, 1.54) is 29.2 Å². The lowest BCUT2D eigenvalue weighted by Crippen LogP contribution is -2.28. The van der Waals surface area contributed by atoms with Gasteiger partial charge in [-0.2, -0.15) is 4.72 Å². The number of aromatic nitrogens is 2. The first-order chi connectivity index (χ1) is 13.8. The topological polar surface area (TPSA) is 112 Å². The number of fused-ring (bicyclic) bond motifs is 1. The number of sulfonamides is 1. The van der Waals surface area contributed by atoms with Gasteiger partial charge in [-0.3, -0.25) is 9.59 Å². The van der Waals surface area contributed by atoms with Gasteiger partial charge < -0.3 is 9.88 Å². The molecule has 2 aromatic carbocycles. The maximum atomic E-state index is 12.6. The van der Waals surface area contributed by atoms with Crippen molar-refractivity contribution in [3.63, 3.8) is 0 Å².